The number of nitrogens with one attached hydrogen (secondary N) is 2. The Morgan fingerprint density at radius 2 is 2.04 bits per heavy atom. The average Bonchev–Trinajstić information content (AvgIpc) is 3.01. The second-order valence-corrected chi connectivity index (χ2v) is 5.87. The second-order valence-electron chi connectivity index (χ2n) is 5.87. The van der Waals surface area contributed by atoms with E-state index >= 15 is 0 Å². The average molecular weight is 340 g/mol. The van der Waals surface area contributed by atoms with Crippen LogP contribution in [-0.2, 0) is 0 Å². The van der Waals surface area contributed by atoms with Crippen LogP contribution in [0.25, 0.3) is 10.9 Å². The number of aromatic amines is 1. The highest BCUT2D eigenvalue weighted by Gasteiger charge is 2.05. The Kier molecular flexibility index (Phi) is 4.00. The van der Waals surface area contributed by atoms with Crippen LogP contribution in [0.2, 0.25) is 0 Å². The molecule has 26 heavy (non-hydrogen) atoms. The first-order valence-corrected chi connectivity index (χ1v) is 8.13. The molecule has 0 spiro atoms. The summed E-state index contributed by atoms with van der Waals surface area (Å²) in [5.41, 5.74) is 3.80. The van der Waals surface area contributed by atoms with E-state index in [0.29, 0.717) is 11.8 Å². The zero-order valence-electron chi connectivity index (χ0n) is 14.2. The van der Waals surface area contributed by atoms with Crippen molar-refractivity contribution in [3.63, 3.8) is 0 Å². The van der Waals surface area contributed by atoms with E-state index in [4.69, 9.17) is 11.2 Å². The molecule has 5 nitrogen and oxygen atoms in total. The van der Waals surface area contributed by atoms with Crippen LogP contribution < -0.4 is 10.1 Å². The van der Waals surface area contributed by atoms with E-state index < -0.39 is 0 Å². The summed E-state index contributed by atoms with van der Waals surface area (Å²) in [6.07, 6.45) is 7.08. The molecule has 4 aromatic rings. The molecular formula is C21H16N4O. The molecule has 0 saturated heterocycles. The van der Waals surface area contributed by atoms with Gasteiger partial charge in [-0.3, -0.25) is 0 Å². The molecule has 0 saturated carbocycles. The van der Waals surface area contributed by atoms with Crippen LogP contribution in [-0.4, -0.2) is 15.0 Å². The third-order valence-electron chi connectivity index (χ3n) is 3.86. The number of aromatic nitrogens is 3. The highest BCUT2D eigenvalue weighted by Crippen LogP contribution is 2.25. The van der Waals surface area contributed by atoms with E-state index in [1.54, 1.807) is 12.3 Å². The SMILES string of the molecule is C#Cc1cccc(Nc2nccc(Oc3ccc4[nH]c(C)cc4c3)n2)c1. The molecule has 0 aliphatic rings. The van der Waals surface area contributed by atoms with Gasteiger partial charge in [-0.1, -0.05) is 12.0 Å². The summed E-state index contributed by atoms with van der Waals surface area (Å²) in [6.45, 7) is 2.03. The number of anilines is 2. The third kappa shape index (κ3) is 3.35. The number of rotatable bonds is 4. The number of nitrogens with zero attached hydrogens (tertiary/aromatic N) is 2. The van der Waals surface area contributed by atoms with Crippen molar-refractivity contribution in [3.05, 3.63) is 72.1 Å². The van der Waals surface area contributed by atoms with Crippen LogP contribution >= 0.6 is 0 Å². The lowest BCUT2D eigenvalue weighted by Gasteiger charge is -2.08. The van der Waals surface area contributed by atoms with Crippen molar-refractivity contribution in [3.8, 4) is 24.0 Å². The van der Waals surface area contributed by atoms with E-state index in [0.717, 1.165) is 33.6 Å². The predicted octanol–water partition coefficient (Wildman–Crippen LogP) is 4.78. The highest BCUT2D eigenvalue weighted by atomic mass is 16.5. The van der Waals surface area contributed by atoms with Crippen molar-refractivity contribution in [2.24, 2.45) is 0 Å². The zero-order chi connectivity index (χ0) is 17.9. The van der Waals surface area contributed by atoms with Crippen molar-refractivity contribution in [2.75, 3.05) is 5.32 Å². The molecule has 0 aliphatic heterocycles. The van der Waals surface area contributed by atoms with E-state index in [1.165, 1.54) is 0 Å². The van der Waals surface area contributed by atoms with Gasteiger partial charge in [0.25, 0.3) is 0 Å². The van der Waals surface area contributed by atoms with Gasteiger partial charge in [-0.25, -0.2) is 4.98 Å². The largest absolute Gasteiger partial charge is 0.439 e. The second kappa shape index (κ2) is 6.61. The maximum Gasteiger partial charge on any atom is 0.230 e. The fraction of sp³-hybridized carbons (Fsp3) is 0.0476. The normalized spacial score (nSPS) is 10.5. The van der Waals surface area contributed by atoms with Gasteiger partial charge in [0, 0.05) is 40.1 Å². The number of ether oxygens (including phenoxy) is 1. The van der Waals surface area contributed by atoms with Gasteiger partial charge in [0.05, 0.1) is 0 Å². The van der Waals surface area contributed by atoms with Gasteiger partial charge in [-0.15, -0.1) is 6.42 Å². The molecule has 0 radical (unpaired) electrons. The van der Waals surface area contributed by atoms with Crippen molar-refractivity contribution >= 4 is 22.5 Å². The van der Waals surface area contributed by atoms with Crippen LogP contribution in [0, 0.1) is 19.3 Å². The predicted molar refractivity (Wildman–Crippen MR) is 103 cm³/mol. The molecular weight excluding hydrogens is 324 g/mol. The quantitative estimate of drug-likeness (QED) is 0.525. The van der Waals surface area contributed by atoms with Gasteiger partial charge >= 0.3 is 0 Å². The molecule has 0 atom stereocenters. The minimum Gasteiger partial charge on any atom is -0.439 e. The molecule has 2 aromatic heterocycles. The molecule has 2 aromatic carbocycles. The van der Waals surface area contributed by atoms with Crippen molar-refractivity contribution in [1.29, 1.82) is 0 Å². The van der Waals surface area contributed by atoms with Crippen LogP contribution in [0.5, 0.6) is 11.6 Å². The van der Waals surface area contributed by atoms with Crippen LogP contribution in [0.15, 0.2) is 60.8 Å². The molecule has 0 amide bonds. The fourth-order valence-corrected chi connectivity index (χ4v) is 2.72. The Hall–Kier alpha value is -3.78. The molecule has 5 heteroatoms. The summed E-state index contributed by atoms with van der Waals surface area (Å²) in [7, 11) is 0. The fourth-order valence-electron chi connectivity index (χ4n) is 2.72. The van der Waals surface area contributed by atoms with Crippen LogP contribution in [0.1, 0.15) is 11.3 Å². The van der Waals surface area contributed by atoms with Crippen LogP contribution in [0.3, 0.4) is 0 Å². The summed E-state index contributed by atoms with van der Waals surface area (Å²) in [5, 5.41) is 4.23. The van der Waals surface area contributed by atoms with Gasteiger partial charge < -0.3 is 15.0 Å². The first-order chi connectivity index (χ1) is 12.7. The zero-order valence-corrected chi connectivity index (χ0v) is 14.2. The van der Waals surface area contributed by atoms with Crippen molar-refractivity contribution in [1.82, 2.24) is 15.0 Å². The molecule has 0 unspecified atom stereocenters. The lowest BCUT2D eigenvalue weighted by Crippen LogP contribution is -1.98. The Morgan fingerprint density at radius 3 is 2.92 bits per heavy atom. The van der Waals surface area contributed by atoms with Crippen molar-refractivity contribution in [2.45, 2.75) is 6.92 Å². The molecule has 0 fully saturated rings. The number of aryl methyl sites for hydroxylation is 1. The molecule has 2 N–H and O–H groups in total. The minimum atomic E-state index is 0.440. The summed E-state index contributed by atoms with van der Waals surface area (Å²) in [5.74, 6) is 4.22. The van der Waals surface area contributed by atoms with E-state index in [9.17, 15) is 0 Å². The number of fused-ring (bicyclic) bond motifs is 1. The topological polar surface area (TPSA) is 62.8 Å². The van der Waals surface area contributed by atoms with Gasteiger partial charge in [0.1, 0.15) is 5.75 Å². The summed E-state index contributed by atoms with van der Waals surface area (Å²) in [4.78, 5) is 11.9. The molecule has 4 rings (SSSR count). The van der Waals surface area contributed by atoms with E-state index in [-0.39, 0.29) is 0 Å². The third-order valence-corrected chi connectivity index (χ3v) is 3.86. The number of benzene rings is 2. The number of H-pyrrole nitrogens is 1. The first kappa shape index (κ1) is 15.7. The monoisotopic (exact) mass is 340 g/mol. The summed E-state index contributed by atoms with van der Waals surface area (Å²) >= 11 is 0. The Morgan fingerprint density at radius 1 is 1.12 bits per heavy atom. The van der Waals surface area contributed by atoms with Crippen LogP contribution in [0.4, 0.5) is 11.6 Å². The lowest BCUT2D eigenvalue weighted by molar-refractivity contribution is 0.463. The number of hydrogen-bond acceptors (Lipinski definition) is 4. The van der Waals surface area contributed by atoms with Crippen molar-refractivity contribution < 1.29 is 4.74 Å². The number of hydrogen-bond donors (Lipinski definition) is 2. The smallest absolute Gasteiger partial charge is 0.230 e. The van der Waals surface area contributed by atoms with Gasteiger partial charge in [-0.05, 0) is 49.4 Å². The standard InChI is InChI=1S/C21H16N4O/c1-3-15-5-4-6-17(12-15)24-21-22-10-9-20(25-21)26-18-7-8-19-16(13-18)11-14(2)23-19/h1,4-13,23H,2H3,(H,22,24,25). The minimum absolute atomic E-state index is 0.440. The lowest BCUT2D eigenvalue weighted by atomic mass is 10.2. The Bertz CT molecular complexity index is 1120. The first-order valence-electron chi connectivity index (χ1n) is 8.13. The van der Waals surface area contributed by atoms with E-state index in [2.05, 4.69) is 32.3 Å². The maximum atomic E-state index is 5.88. The Labute approximate surface area is 151 Å². The van der Waals surface area contributed by atoms with E-state index in [1.807, 2.05) is 49.4 Å². The Balaban J connectivity index is 1.55. The molecule has 2 heterocycles. The summed E-state index contributed by atoms with van der Waals surface area (Å²) < 4.78 is 5.88. The molecule has 126 valence electrons. The number of terminal acetylenes is 1. The van der Waals surface area contributed by atoms with Gasteiger partial charge in [-0.2, -0.15) is 4.98 Å². The summed E-state index contributed by atoms with van der Waals surface area (Å²) in [6, 6.07) is 17.2. The maximum absolute atomic E-state index is 5.88. The molecule has 0 bridgehead atoms. The highest BCUT2D eigenvalue weighted by molar-refractivity contribution is 5.81. The van der Waals surface area contributed by atoms with Gasteiger partial charge in [0.15, 0.2) is 0 Å². The van der Waals surface area contributed by atoms with Gasteiger partial charge in [0.2, 0.25) is 11.8 Å². The molecule has 0 aliphatic carbocycles.